The minimum Gasteiger partial charge on any atom is -0.370 e. The molecular weight excluding hydrogens is 386 g/mol. The molecule has 0 unspecified atom stereocenters. The number of aromatic nitrogens is 4. The van der Waals surface area contributed by atoms with Crippen LogP contribution in [-0.4, -0.2) is 64.2 Å². The molecule has 3 aromatic rings. The van der Waals surface area contributed by atoms with Crippen molar-refractivity contribution < 1.29 is 19.0 Å². The Labute approximate surface area is 172 Å². The fourth-order valence-corrected chi connectivity index (χ4v) is 4.04. The van der Waals surface area contributed by atoms with Crippen molar-refractivity contribution in [2.24, 2.45) is 5.73 Å². The van der Waals surface area contributed by atoms with Crippen molar-refractivity contribution >= 4 is 5.91 Å². The molecular formula is C21H21N5O4. The topological polar surface area (TPSA) is 114 Å². The van der Waals surface area contributed by atoms with E-state index in [2.05, 4.69) is 39.8 Å². The fraction of sp³-hybridized carbons (Fsp3) is 0.333. The summed E-state index contributed by atoms with van der Waals surface area (Å²) in [5.74, 6) is 0.128. The molecule has 4 atom stereocenters. The third kappa shape index (κ3) is 3.47. The Morgan fingerprint density at radius 3 is 2.47 bits per heavy atom. The van der Waals surface area contributed by atoms with E-state index < -0.39 is 5.91 Å². The minimum absolute atomic E-state index is 0.158. The second-order valence-electron chi connectivity index (χ2n) is 7.37. The maximum atomic E-state index is 11.0. The Kier molecular flexibility index (Phi) is 4.99. The van der Waals surface area contributed by atoms with Gasteiger partial charge >= 0.3 is 0 Å². The number of primary amides is 1. The van der Waals surface area contributed by atoms with Gasteiger partial charge in [-0.2, -0.15) is 0 Å². The van der Waals surface area contributed by atoms with Crippen LogP contribution < -0.4 is 5.73 Å². The number of nitrogens with zero attached hydrogens (tertiary/aromatic N) is 4. The number of carbonyl (C=O) groups is 1. The number of benzene rings is 2. The number of nitrogens with two attached hydrogens (primary N) is 1. The van der Waals surface area contributed by atoms with Crippen molar-refractivity contribution in [2.75, 3.05) is 19.8 Å². The smallest absolute Gasteiger partial charge is 0.243 e. The molecule has 0 bridgehead atoms. The van der Waals surface area contributed by atoms with Crippen molar-refractivity contribution in [1.82, 2.24) is 20.2 Å². The number of ether oxygens (including phenoxy) is 3. The van der Waals surface area contributed by atoms with E-state index in [0.29, 0.717) is 19.0 Å². The zero-order valence-corrected chi connectivity index (χ0v) is 16.1. The molecule has 2 fully saturated rings. The van der Waals surface area contributed by atoms with E-state index in [1.165, 1.54) is 0 Å². The molecule has 1 amide bonds. The normalized spacial score (nSPS) is 25.3. The predicted octanol–water partition coefficient (Wildman–Crippen LogP) is 1.22. The van der Waals surface area contributed by atoms with Gasteiger partial charge in [0.25, 0.3) is 0 Å². The molecule has 2 N–H and O–H groups in total. The highest BCUT2D eigenvalue weighted by Gasteiger charge is 2.50. The van der Waals surface area contributed by atoms with E-state index in [0.717, 1.165) is 16.7 Å². The van der Waals surface area contributed by atoms with Crippen LogP contribution in [-0.2, 0) is 19.0 Å². The monoisotopic (exact) mass is 407 g/mol. The van der Waals surface area contributed by atoms with Crippen LogP contribution in [0.15, 0.2) is 54.6 Å². The first-order valence-corrected chi connectivity index (χ1v) is 9.77. The predicted molar refractivity (Wildman–Crippen MR) is 106 cm³/mol. The maximum absolute atomic E-state index is 11.0. The fourth-order valence-electron chi connectivity index (χ4n) is 4.04. The van der Waals surface area contributed by atoms with Gasteiger partial charge < -0.3 is 19.9 Å². The van der Waals surface area contributed by atoms with Crippen LogP contribution in [0.4, 0.5) is 0 Å². The highest BCUT2D eigenvalue weighted by molar-refractivity contribution is 5.75. The lowest BCUT2D eigenvalue weighted by Crippen LogP contribution is -2.34. The second-order valence-corrected chi connectivity index (χ2v) is 7.37. The molecule has 30 heavy (non-hydrogen) atoms. The molecule has 5 rings (SSSR count). The average molecular weight is 407 g/mol. The zero-order chi connectivity index (χ0) is 20.5. The Morgan fingerprint density at radius 2 is 1.70 bits per heavy atom. The molecule has 9 nitrogen and oxygen atoms in total. The van der Waals surface area contributed by atoms with Crippen molar-refractivity contribution in [3.8, 4) is 22.5 Å². The maximum Gasteiger partial charge on any atom is 0.243 e. The second kappa shape index (κ2) is 7.94. The van der Waals surface area contributed by atoms with Gasteiger partial charge in [-0.1, -0.05) is 54.6 Å². The highest BCUT2D eigenvalue weighted by atomic mass is 16.6. The first kappa shape index (κ1) is 18.9. The van der Waals surface area contributed by atoms with Gasteiger partial charge in [0.05, 0.1) is 13.2 Å². The first-order valence-electron chi connectivity index (χ1n) is 9.77. The third-order valence-corrected chi connectivity index (χ3v) is 5.48. The quantitative estimate of drug-likeness (QED) is 0.653. The first-order chi connectivity index (χ1) is 14.7. The van der Waals surface area contributed by atoms with Crippen LogP contribution in [0.1, 0.15) is 6.04 Å². The highest BCUT2D eigenvalue weighted by Crippen LogP contribution is 2.36. The van der Waals surface area contributed by atoms with E-state index in [1.807, 2.05) is 30.3 Å². The molecule has 1 aromatic heterocycles. The van der Waals surface area contributed by atoms with Crippen LogP contribution in [0.5, 0.6) is 0 Å². The SMILES string of the molecule is NC(=O)CO[C@@H]1CO[C@H]2[C@H]1OC[C@H]2n1nnnc1-c1ccc(-c2ccccc2)cc1. The van der Waals surface area contributed by atoms with Crippen molar-refractivity contribution in [3.63, 3.8) is 0 Å². The average Bonchev–Trinajstić information content (AvgIpc) is 3.49. The molecule has 2 aromatic carbocycles. The Bertz CT molecular complexity index is 1020. The summed E-state index contributed by atoms with van der Waals surface area (Å²) in [6, 6.07) is 18.1. The minimum atomic E-state index is -0.519. The molecule has 2 aliphatic heterocycles. The number of rotatable bonds is 6. The van der Waals surface area contributed by atoms with Crippen LogP contribution in [0.3, 0.4) is 0 Å². The number of amides is 1. The van der Waals surface area contributed by atoms with E-state index in [1.54, 1.807) is 4.68 Å². The third-order valence-electron chi connectivity index (χ3n) is 5.48. The molecule has 0 radical (unpaired) electrons. The van der Waals surface area contributed by atoms with Gasteiger partial charge in [-0.3, -0.25) is 4.79 Å². The van der Waals surface area contributed by atoms with Crippen molar-refractivity contribution in [1.29, 1.82) is 0 Å². The summed E-state index contributed by atoms with van der Waals surface area (Å²) in [5, 5.41) is 12.3. The van der Waals surface area contributed by atoms with Crippen LogP contribution in [0, 0.1) is 0 Å². The van der Waals surface area contributed by atoms with Gasteiger partial charge in [-0.25, -0.2) is 4.68 Å². The molecule has 0 saturated carbocycles. The molecule has 2 saturated heterocycles. The largest absolute Gasteiger partial charge is 0.370 e. The van der Waals surface area contributed by atoms with Crippen LogP contribution in [0.2, 0.25) is 0 Å². The molecule has 9 heteroatoms. The van der Waals surface area contributed by atoms with Gasteiger partial charge in [0.1, 0.15) is 31.0 Å². The number of hydrogen-bond acceptors (Lipinski definition) is 7. The summed E-state index contributed by atoms with van der Waals surface area (Å²) < 4.78 is 19.1. The number of carbonyl (C=O) groups excluding carboxylic acids is 1. The number of fused-ring (bicyclic) bond motifs is 1. The van der Waals surface area contributed by atoms with E-state index in [-0.39, 0.29) is 31.0 Å². The molecule has 0 spiro atoms. The number of tetrazole rings is 1. The van der Waals surface area contributed by atoms with Gasteiger partial charge in [-0.05, 0) is 21.6 Å². The summed E-state index contributed by atoms with van der Waals surface area (Å²) in [5.41, 5.74) is 8.34. The summed E-state index contributed by atoms with van der Waals surface area (Å²) in [4.78, 5) is 11.0. The van der Waals surface area contributed by atoms with Crippen molar-refractivity contribution in [3.05, 3.63) is 54.6 Å². The van der Waals surface area contributed by atoms with Gasteiger partial charge in [0.2, 0.25) is 5.91 Å². The lowest BCUT2D eigenvalue weighted by Gasteiger charge is -2.17. The van der Waals surface area contributed by atoms with Gasteiger partial charge in [0, 0.05) is 5.56 Å². The van der Waals surface area contributed by atoms with Crippen LogP contribution >= 0.6 is 0 Å². The van der Waals surface area contributed by atoms with E-state index >= 15 is 0 Å². The molecule has 0 aliphatic carbocycles. The van der Waals surface area contributed by atoms with Crippen LogP contribution in [0.25, 0.3) is 22.5 Å². The van der Waals surface area contributed by atoms with E-state index in [9.17, 15) is 4.79 Å². The molecule has 3 heterocycles. The summed E-state index contributed by atoms with van der Waals surface area (Å²) >= 11 is 0. The lowest BCUT2D eigenvalue weighted by atomic mass is 10.0. The van der Waals surface area contributed by atoms with Gasteiger partial charge in [-0.15, -0.1) is 5.10 Å². The lowest BCUT2D eigenvalue weighted by molar-refractivity contribution is -0.126. The van der Waals surface area contributed by atoms with Crippen molar-refractivity contribution in [2.45, 2.75) is 24.4 Å². The summed E-state index contributed by atoms with van der Waals surface area (Å²) in [7, 11) is 0. The zero-order valence-electron chi connectivity index (χ0n) is 16.1. The molecule has 2 aliphatic rings. The van der Waals surface area contributed by atoms with Gasteiger partial charge in [0.15, 0.2) is 5.82 Å². The Morgan fingerprint density at radius 1 is 1.00 bits per heavy atom. The Hall–Kier alpha value is -3.14. The standard InChI is InChI=1S/C21H21N5O4/c22-18(27)12-28-17-11-30-19-16(10-29-20(17)19)26-21(23-24-25-26)15-8-6-14(7-9-15)13-4-2-1-3-5-13/h1-9,16-17,19-20H,10-12H2,(H2,22,27)/t16-,17-,19-,20+/m1/s1. The number of hydrogen-bond donors (Lipinski definition) is 1. The Balaban J connectivity index is 1.35. The summed E-state index contributed by atoms with van der Waals surface area (Å²) in [6.07, 6.45) is -0.877. The molecule has 154 valence electrons. The van der Waals surface area contributed by atoms with E-state index in [4.69, 9.17) is 19.9 Å². The summed E-state index contributed by atoms with van der Waals surface area (Å²) in [6.45, 7) is 0.573.